The van der Waals surface area contributed by atoms with Gasteiger partial charge in [-0.25, -0.2) is 4.98 Å². The van der Waals surface area contributed by atoms with E-state index in [0.717, 1.165) is 22.4 Å². The Morgan fingerprint density at radius 2 is 1.96 bits per heavy atom. The summed E-state index contributed by atoms with van der Waals surface area (Å²) in [6, 6.07) is 10.1. The van der Waals surface area contributed by atoms with Crippen molar-refractivity contribution in [1.82, 2.24) is 4.98 Å². The van der Waals surface area contributed by atoms with Crippen molar-refractivity contribution in [2.24, 2.45) is 0 Å². The van der Waals surface area contributed by atoms with E-state index in [0.29, 0.717) is 5.52 Å². The lowest BCUT2D eigenvalue weighted by molar-refractivity contribution is -0.137. The largest absolute Gasteiger partial charge is 0.416 e. The Kier molecular flexibility index (Phi) is 3.81. The average molecular weight is 336 g/mol. The number of amides is 1. The van der Waals surface area contributed by atoms with Gasteiger partial charge in [0.25, 0.3) is 5.91 Å². The molecule has 0 unspecified atom stereocenters. The summed E-state index contributed by atoms with van der Waals surface area (Å²) in [5.74, 6) is -0.525. The molecule has 3 nitrogen and oxygen atoms in total. The van der Waals surface area contributed by atoms with E-state index in [1.54, 1.807) is 0 Å². The first kappa shape index (κ1) is 15.5. The molecule has 2 aromatic carbocycles. The van der Waals surface area contributed by atoms with Crippen molar-refractivity contribution in [2.45, 2.75) is 13.1 Å². The van der Waals surface area contributed by atoms with Crippen LogP contribution >= 0.6 is 11.3 Å². The number of aryl methyl sites for hydroxylation is 1. The van der Waals surface area contributed by atoms with Crippen molar-refractivity contribution in [2.75, 3.05) is 5.32 Å². The zero-order chi connectivity index (χ0) is 16.6. The predicted octanol–water partition coefficient (Wildman–Crippen LogP) is 4.88. The summed E-state index contributed by atoms with van der Waals surface area (Å²) in [5, 5.41) is 2.67. The molecule has 0 spiro atoms. The van der Waals surface area contributed by atoms with E-state index in [4.69, 9.17) is 0 Å². The van der Waals surface area contributed by atoms with Crippen LogP contribution in [-0.4, -0.2) is 10.9 Å². The van der Waals surface area contributed by atoms with E-state index in [-0.39, 0.29) is 10.7 Å². The second-order valence-electron chi connectivity index (χ2n) is 5.02. The minimum Gasteiger partial charge on any atom is -0.320 e. The molecule has 118 valence electrons. The van der Waals surface area contributed by atoms with Gasteiger partial charge in [-0.15, -0.1) is 11.3 Å². The van der Waals surface area contributed by atoms with E-state index >= 15 is 0 Å². The fourth-order valence-electron chi connectivity index (χ4n) is 2.09. The summed E-state index contributed by atoms with van der Waals surface area (Å²) in [6.07, 6.45) is -4.45. The zero-order valence-electron chi connectivity index (χ0n) is 11.9. The molecule has 1 N–H and O–H groups in total. The van der Waals surface area contributed by atoms with Crippen LogP contribution in [0.15, 0.2) is 42.5 Å². The number of halogens is 3. The molecule has 0 aliphatic rings. The number of anilines is 1. The van der Waals surface area contributed by atoms with Crippen LogP contribution in [-0.2, 0) is 6.18 Å². The molecule has 0 bridgehead atoms. The van der Waals surface area contributed by atoms with Gasteiger partial charge in [0, 0.05) is 5.69 Å². The van der Waals surface area contributed by atoms with E-state index in [1.165, 1.54) is 23.5 Å². The third-order valence-electron chi connectivity index (χ3n) is 3.19. The third-order valence-corrected chi connectivity index (χ3v) is 4.20. The highest BCUT2D eigenvalue weighted by molar-refractivity contribution is 7.20. The Morgan fingerprint density at radius 3 is 2.70 bits per heavy atom. The number of fused-ring (bicyclic) bond motifs is 1. The van der Waals surface area contributed by atoms with Gasteiger partial charge in [0.1, 0.15) is 0 Å². The fourth-order valence-corrected chi connectivity index (χ4v) is 3.05. The Morgan fingerprint density at radius 1 is 1.17 bits per heavy atom. The van der Waals surface area contributed by atoms with Gasteiger partial charge in [-0.2, -0.15) is 13.2 Å². The Hall–Kier alpha value is -2.41. The van der Waals surface area contributed by atoms with Crippen LogP contribution in [0.4, 0.5) is 18.9 Å². The number of nitrogens with zero attached hydrogens (tertiary/aromatic N) is 1. The molecule has 1 amide bonds. The Labute approximate surface area is 133 Å². The number of aromatic nitrogens is 1. The molecule has 0 aliphatic carbocycles. The SMILES string of the molecule is Cc1ccc2nc(C(=O)Nc3cccc(C(F)(F)F)c3)sc2c1. The lowest BCUT2D eigenvalue weighted by Gasteiger charge is -2.09. The lowest BCUT2D eigenvalue weighted by Crippen LogP contribution is -2.12. The average Bonchev–Trinajstić information content (AvgIpc) is 2.90. The van der Waals surface area contributed by atoms with Crippen LogP contribution < -0.4 is 5.32 Å². The molecule has 3 aromatic rings. The zero-order valence-corrected chi connectivity index (χ0v) is 12.8. The molecule has 3 rings (SSSR count). The first-order valence-corrected chi connectivity index (χ1v) is 7.50. The van der Waals surface area contributed by atoms with Gasteiger partial charge in [0.2, 0.25) is 0 Å². The fraction of sp³-hybridized carbons (Fsp3) is 0.125. The minimum absolute atomic E-state index is 0.0836. The minimum atomic E-state index is -4.45. The van der Waals surface area contributed by atoms with Gasteiger partial charge in [-0.05, 0) is 42.8 Å². The van der Waals surface area contributed by atoms with Gasteiger partial charge in [0.15, 0.2) is 5.01 Å². The van der Waals surface area contributed by atoms with Gasteiger partial charge < -0.3 is 5.32 Å². The van der Waals surface area contributed by atoms with Crippen LogP contribution in [0, 0.1) is 6.92 Å². The van der Waals surface area contributed by atoms with Crippen molar-refractivity contribution in [3.63, 3.8) is 0 Å². The van der Waals surface area contributed by atoms with E-state index < -0.39 is 17.6 Å². The topological polar surface area (TPSA) is 42.0 Å². The number of thiazole rings is 1. The highest BCUT2D eigenvalue weighted by Crippen LogP contribution is 2.31. The molecule has 0 atom stereocenters. The van der Waals surface area contributed by atoms with Crippen LogP contribution in [0.25, 0.3) is 10.2 Å². The highest BCUT2D eigenvalue weighted by Gasteiger charge is 2.30. The van der Waals surface area contributed by atoms with Gasteiger partial charge in [-0.1, -0.05) is 12.1 Å². The normalized spacial score (nSPS) is 11.7. The molecular formula is C16H11F3N2OS. The van der Waals surface area contributed by atoms with Crippen molar-refractivity contribution in [3.8, 4) is 0 Å². The van der Waals surface area contributed by atoms with Gasteiger partial charge in [0.05, 0.1) is 15.8 Å². The summed E-state index contributed by atoms with van der Waals surface area (Å²) in [4.78, 5) is 16.4. The number of carbonyl (C=O) groups is 1. The molecule has 0 aliphatic heterocycles. The second kappa shape index (κ2) is 5.66. The summed E-state index contributed by atoms with van der Waals surface area (Å²) in [7, 11) is 0. The molecule has 0 saturated carbocycles. The number of rotatable bonds is 2. The number of benzene rings is 2. The smallest absolute Gasteiger partial charge is 0.320 e. The Balaban J connectivity index is 1.86. The van der Waals surface area contributed by atoms with Crippen LogP contribution in [0.3, 0.4) is 0 Å². The number of carbonyl (C=O) groups excluding carboxylic acids is 1. The number of hydrogen-bond donors (Lipinski definition) is 1. The molecule has 0 fully saturated rings. The second-order valence-corrected chi connectivity index (χ2v) is 6.05. The van der Waals surface area contributed by atoms with Crippen molar-refractivity contribution in [3.05, 3.63) is 58.6 Å². The van der Waals surface area contributed by atoms with Crippen molar-refractivity contribution < 1.29 is 18.0 Å². The molecule has 23 heavy (non-hydrogen) atoms. The summed E-state index contributed by atoms with van der Waals surface area (Å²) < 4.78 is 38.9. The molecule has 0 radical (unpaired) electrons. The van der Waals surface area contributed by atoms with Crippen LogP contribution in [0.5, 0.6) is 0 Å². The summed E-state index contributed by atoms with van der Waals surface area (Å²) in [6.45, 7) is 1.93. The molecular weight excluding hydrogens is 325 g/mol. The molecule has 7 heteroatoms. The van der Waals surface area contributed by atoms with Crippen LogP contribution in [0.1, 0.15) is 20.9 Å². The first-order chi connectivity index (χ1) is 10.8. The number of hydrogen-bond acceptors (Lipinski definition) is 3. The van der Waals surface area contributed by atoms with E-state index in [1.807, 2.05) is 25.1 Å². The third kappa shape index (κ3) is 3.34. The maximum Gasteiger partial charge on any atom is 0.416 e. The first-order valence-electron chi connectivity index (χ1n) is 6.69. The van der Waals surface area contributed by atoms with E-state index in [9.17, 15) is 18.0 Å². The highest BCUT2D eigenvalue weighted by atomic mass is 32.1. The van der Waals surface area contributed by atoms with Crippen molar-refractivity contribution >= 4 is 33.1 Å². The Bertz CT molecular complexity index is 886. The van der Waals surface area contributed by atoms with E-state index in [2.05, 4.69) is 10.3 Å². The maximum atomic E-state index is 12.7. The summed E-state index contributed by atoms with van der Waals surface area (Å²) >= 11 is 1.20. The predicted molar refractivity (Wildman–Crippen MR) is 83.8 cm³/mol. The summed E-state index contributed by atoms with van der Waals surface area (Å²) in [5.41, 5.74) is 1.01. The van der Waals surface area contributed by atoms with Crippen molar-refractivity contribution in [1.29, 1.82) is 0 Å². The van der Waals surface area contributed by atoms with Gasteiger partial charge in [-0.3, -0.25) is 4.79 Å². The molecule has 0 saturated heterocycles. The van der Waals surface area contributed by atoms with Gasteiger partial charge >= 0.3 is 6.18 Å². The number of nitrogens with one attached hydrogen (secondary N) is 1. The number of alkyl halides is 3. The molecule has 1 aromatic heterocycles. The quantitative estimate of drug-likeness (QED) is 0.725. The maximum absolute atomic E-state index is 12.7. The lowest BCUT2D eigenvalue weighted by atomic mass is 10.2. The monoisotopic (exact) mass is 336 g/mol. The molecule has 1 heterocycles. The van der Waals surface area contributed by atoms with Crippen LogP contribution in [0.2, 0.25) is 0 Å². The standard InChI is InChI=1S/C16H11F3N2OS/c1-9-5-6-12-13(7-9)23-15(21-12)14(22)20-11-4-2-3-10(8-11)16(17,18)19/h2-8H,1H3,(H,20,22).